The molecule has 0 saturated heterocycles. The van der Waals surface area contributed by atoms with Gasteiger partial charge in [0.15, 0.2) is 0 Å². The maximum Gasteiger partial charge on any atom is 0.264 e. The standard InChI is InChI=1S/C19H16N2O2/c1-21(15-10-6-3-7-11-15)19(23)17-16(12-13-20-18(17)22)14-8-4-2-5-9-14/h2-13H,1H3,(H,20,22). The maximum absolute atomic E-state index is 12.9. The molecule has 0 spiro atoms. The van der Waals surface area contributed by atoms with Crippen LogP contribution in [0.25, 0.3) is 11.1 Å². The molecule has 1 aromatic heterocycles. The summed E-state index contributed by atoms with van der Waals surface area (Å²) in [6.07, 6.45) is 1.56. The largest absolute Gasteiger partial charge is 0.328 e. The van der Waals surface area contributed by atoms with Gasteiger partial charge in [0, 0.05) is 24.5 Å². The lowest BCUT2D eigenvalue weighted by Gasteiger charge is -2.18. The lowest BCUT2D eigenvalue weighted by Crippen LogP contribution is -2.32. The lowest BCUT2D eigenvalue weighted by molar-refractivity contribution is 0.0992. The van der Waals surface area contributed by atoms with Crippen LogP contribution in [0.1, 0.15) is 10.4 Å². The zero-order chi connectivity index (χ0) is 16.2. The fourth-order valence-electron chi connectivity index (χ4n) is 2.49. The number of benzene rings is 2. The average molecular weight is 304 g/mol. The molecular formula is C19H16N2O2. The highest BCUT2D eigenvalue weighted by Gasteiger charge is 2.21. The fourth-order valence-corrected chi connectivity index (χ4v) is 2.49. The number of amides is 1. The van der Waals surface area contributed by atoms with Gasteiger partial charge >= 0.3 is 0 Å². The van der Waals surface area contributed by atoms with E-state index >= 15 is 0 Å². The summed E-state index contributed by atoms with van der Waals surface area (Å²) in [5.41, 5.74) is 1.95. The first-order chi connectivity index (χ1) is 11.2. The molecule has 0 atom stereocenters. The second-order valence-corrected chi connectivity index (χ2v) is 5.16. The number of nitrogens with one attached hydrogen (secondary N) is 1. The molecule has 0 radical (unpaired) electrons. The molecule has 0 unspecified atom stereocenters. The first-order valence-corrected chi connectivity index (χ1v) is 7.28. The quantitative estimate of drug-likeness (QED) is 0.807. The Kier molecular flexibility index (Phi) is 4.06. The number of carbonyl (C=O) groups excluding carboxylic acids is 1. The third-order valence-corrected chi connectivity index (χ3v) is 3.71. The van der Waals surface area contributed by atoms with Gasteiger partial charge in [-0.3, -0.25) is 9.59 Å². The van der Waals surface area contributed by atoms with Gasteiger partial charge in [0.05, 0.1) is 0 Å². The predicted octanol–water partition coefficient (Wildman–Crippen LogP) is 3.32. The summed E-state index contributed by atoms with van der Waals surface area (Å²) in [6.45, 7) is 0. The Hall–Kier alpha value is -3.14. The molecule has 1 heterocycles. The number of anilines is 1. The van der Waals surface area contributed by atoms with Crippen molar-refractivity contribution in [2.45, 2.75) is 0 Å². The summed E-state index contributed by atoms with van der Waals surface area (Å²) in [7, 11) is 1.67. The smallest absolute Gasteiger partial charge is 0.264 e. The van der Waals surface area contributed by atoms with Crippen LogP contribution in [0.3, 0.4) is 0 Å². The molecule has 0 saturated carbocycles. The fraction of sp³-hybridized carbons (Fsp3) is 0.0526. The molecule has 3 aromatic rings. The van der Waals surface area contributed by atoms with E-state index in [2.05, 4.69) is 4.98 Å². The second-order valence-electron chi connectivity index (χ2n) is 5.16. The third kappa shape index (κ3) is 2.92. The maximum atomic E-state index is 12.9. The van der Waals surface area contributed by atoms with Crippen LogP contribution in [0.4, 0.5) is 5.69 Å². The molecule has 2 aromatic carbocycles. The van der Waals surface area contributed by atoms with Gasteiger partial charge in [-0.15, -0.1) is 0 Å². The molecule has 1 N–H and O–H groups in total. The summed E-state index contributed by atoms with van der Waals surface area (Å²) in [5.74, 6) is -0.336. The summed E-state index contributed by atoms with van der Waals surface area (Å²) in [6, 6.07) is 20.4. The molecule has 3 rings (SSSR count). The minimum absolute atomic E-state index is 0.144. The van der Waals surface area contributed by atoms with Crippen LogP contribution in [0.5, 0.6) is 0 Å². The van der Waals surface area contributed by atoms with Gasteiger partial charge in [0.25, 0.3) is 11.5 Å². The molecule has 0 bridgehead atoms. The predicted molar refractivity (Wildman–Crippen MR) is 91.7 cm³/mol. The zero-order valence-electron chi connectivity index (χ0n) is 12.7. The Morgan fingerprint density at radius 2 is 1.52 bits per heavy atom. The Labute approximate surface area is 134 Å². The van der Waals surface area contributed by atoms with E-state index in [0.717, 1.165) is 11.3 Å². The van der Waals surface area contributed by atoms with Gasteiger partial charge < -0.3 is 9.88 Å². The summed E-state index contributed by atoms with van der Waals surface area (Å²) < 4.78 is 0. The normalized spacial score (nSPS) is 10.3. The number of pyridine rings is 1. The monoisotopic (exact) mass is 304 g/mol. The average Bonchev–Trinajstić information content (AvgIpc) is 2.62. The first-order valence-electron chi connectivity index (χ1n) is 7.28. The van der Waals surface area contributed by atoms with Gasteiger partial charge in [-0.05, 0) is 23.8 Å². The highest BCUT2D eigenvalue weighted by atomic mass is 16.2. The Morgan fingerprint density at radius 1 is 0.913 bits per heavy atom. The zero-order valence-corrected chi connectivity index (χ0v) is 12.7. The minimum atomic E-state index is -0.390. The highest BCUT2D eigenvalue weighted by molar-refractivity contribution is 6.09. The Balaban J connectivity index is 2.10. The topological polar surface area (TPSA) is 53.2 Å². The van der Waals surface area contributed by atoms with Crippen molar-refractivity contribution >= 4 is 11.6 Å². The number of carbonyl (C=O) groups is 1. The van der Waals surface area contributed by atoms with Crippen molar-refractivity contribution in [1.29, 1.82) is 0 Å². The Bertz CT molecular complexity index is 871. The van der Waals surface area contributed by atoms with Crippen molar-refractivity contribution in [2.75, 3.05) is 11.9 Å². The van der Waals surface area contributed by atoms with E-state index < -0.39 is 0 Å². The molecule has 1 amide bonds. The number of hydrogen-bond donors (Lipinski definition) is 1. The number of nitrogens with zero attached hydrogens (tertiary/aromatic N) is 1. The Morgan fingerprint density at radius 3 is 2.17 bits per heavy atom. The van der Waals surface area contributed by atoms with Gasteiger partial charge in [-0.2, -0.15) is 0 Å². The minimum Gasteiger partial charge on any atom is -0.328 e. The van der Waals surface area contributed by atoms with Crippen LogP contribution in [0.15, 0.2) is 77.7 Å². The molecule has 0 aliphatic rings. The summed E-state index contributed by atoms with van der Waals surface area (Å²) in [5, 5.41) is 0. The molecule has 0 fully saturated rings. The third-order valence-electron chi connectivity index (χ3n) is 3.71. The van der Waals surface area contributed by atoms with Gasteiger partial charge in [-0.1, -0.05) is 48.5 Å². The van der Waals surface area contributed by atoms with Crippen molar-refractivity contribution in [3.63, 3.8) is 0 Å². The highest BCUT2D eigenvalue weighted by Crippen LogP contribution is 2.23. The SMILES string of the molecule is CN(C(=O)c1c(-c2ccccc2)cc[nH]c1=O)c1ccccc1. The van der Waals surface area contributed by atoms with Crippen LogP contribution in [0.2, 0.25) is 0 Å². The van der Waals surface area contributed by atoms with Gasteiger partial charge in [0.2, 0.25) is 0 Å². The van der Waals surface area contributed by atoms with E-state index in [1.165, 1.54) is 4.90 Å². The van der Waals surface area contributed by atoms with Gasteiger partial charge in [0.1, 0.15) is 5.56 Å². The number of hydrogen-bond acceptors (Lipinski definition) is 2. The molecule has 4 nitrogen and oxygen atoms in total. The number of H-pyrrole nitrogens is 1. The van der Waals surface area contributed by atoms with E-state index in [4.69, 9.17) is 0 Å². The number of aromatic amines is 1. The van der Waals surface area contributed by atoms with Crippen molar-refractivity contribution in [3.8, 4) is 11.1 Å². The molecular weight excluding hydrogens is 288 g/mol. The van der Waals surface area contributed by atoms with Crippen LogP contribution < -0.4 is 10.5 Å². The molecule has 23 heavy (non-hydrogen) atoms. The van der Waals surface area contributed by atoms with E-state index in [1.807, 2.05) is 60.7 Å². The van der Waals surface area contributed by atoms with E-state index in [1.54, 1.807) is 19.3 Å². The van der Waals surface area contributed by atoms with E-state index in [0.29, 0.717) is 5.56 Å². The van der Waals surface area contributed by atoms with Crippen LogP contribution in [-0.4, -0.2) is 17.9 Å². The number of aromatic nitrogens is 1. The first kappa shape index (κ1) is 14.8. The molecule has 0 aliphatic carbocycles. The number of rotatable bonds is 3. The van der Waals surface area contributed by atoms with Gasteiger partial charge in [-0.25, -0.2) is 0 Å². The van der Waals surface area contributed by atoms with E-state index in [9.17, 15) is 9.59 Å². The molecule has 0 aliphatic heterocycles. The molecule has 4 heteroatoms. The molecule has 114 valence electrons. The van der Waals surface area contributed by atoms with Crippen molar-refractivity contribution < 1.29 is 4.79 Å². The van der Waals surface area contributed by atoms with Crippen LogP contribution in [-0.2, 0) is 0 Å². The summed E-state index contributed by atoms with van der Waals surface area (Å²) >= 11 is 0. The van der Waals surface area contributed by atoms with Crippen molar-refractivity contribution in [2.24, 2.45) is 0 Å². The summed E-state index contributed by atoms with van der Waals surface area (Å²) in [4.78, 5) is 29.2. The van der Waals surface area contributed by atoms with Crippen LogP contribution in [0, 0.1) is 0 Å². The lowest BCUT2D eigenvalue weighted by atomic mass is 10.0. The number of para-hydroxylation sites is 1. The second kappa shape index (κ2) is 6.32. The van der Waals surface area contributed by atoms with Crippen LogP contribution >= 0.6 is 0 Å². The van der Waals surface area contributed by atoms with Crippen molar-refractivity contribution in [3.05, 3.63) is 88.8 Å². The van der Waals surface area contributed by atoms with E-state index in [-0.39, 0.29) is 17.0 Å². The van der Waals surface area contributed by atoms with Crippen molar-refractivity contribution in [1.82, 2.24) is 4.98 Å².